The number of benzene rings is 1. The largest absolute Gasteiger partial charge is 0.493 e. The van der Waals surface area contributed by atoms with Crippen LogP contribution in [0.3, 0.4) is 0 Å². The molecular weight excluding hydrogens is 222 g/mol. The van der Waals surface area contributed by atoms with Crippen molar-refractivity contribution < 1.29 is 4.74 Å². The summed E-state index contributed by atoms with van der Waals surface area (Å²) in [7, 11) is 0. The summed E-state index contributed by atoms with van der Waals surface area (Å²) in [4.78, 5) is 0. The highest BCUT2D eigenvalue weighted by Crippen LogP contribution is 2.32. The SMILES string of the molecule is CCCOc1cc(C)c(C(N)CC)cc1C(C)C. The highest BCUT2D eigenvalue weighted by molar-refractivity contribution is 5.45. The van der Waals surface area contributed by atoms with Crippen molar-refractivity contribution in [3.05, 3.63) is 28.8 Å². The normalized spacial score (nSPS) is 12.8. The standard InChI is InChI=1S/C16H27NO/c1-6-8-18-16-9-12(5)14(15(17)7-2)10-13(16)11(3)4/h9-11,15H,6-8,17H2,1-5H3. The van der Waals surface area contributed by atoms with Gasteiger partial charge in [0, 0.05) is 6.04 Å². The third kappa shape index (κ3) is 3.49. The second kappa shape index (κ2) is 6.79. The third-order valence-corrected chi connectivity index (χ3v) is 3.32. The molecule has 0 saturated heterocycles. The highest BCUT2D eigenvalue weighted by atomic mass is 16.5. The van der Waals surface area contributed by atoms with Crippen LogP contribution in [0.5, 0.6) is 5.75 Å². The molecular formula is C16H27NO. The summed E-state index contributed by atoms with van der Waals surface area (Å²) in [6.07, 6.45) is 2.00. The third-order valence-electron chi connectivity index (χ3n) is 3.32. The van der Waals surface area contributed by atoms with E-state index >= 15 is 0 Å². The van der Waals surface area contributed by atoms with E-state index in [2.05, 4.69) is 46.8 Å². The Labute approximate surface area is 112 Å². The van der Waals surface area contributed by atoms with Crippen molar-refractivity contribution in [1.82, 2.24) is 0 Å². The maximum Gasteiger partial charge on any atom is 0.123 e. The van der Waals surface area contributed by atoms with Crippen molar-refractivity contribution in [3.8, 4) is 5.75 Å². The van der Waals surface area contributed by atoms with Crippen LogP contribution in [0.15, 0.2) is 12.1 Å². The molecule has 0 spiro atoms. The summed E-state index contributed by atoms with van der Waals surface area (Å²) in [5.41, 5.74) is 9.94. The van der Waals surface area contributed by atoms with Gasteiger partial charge in [-0.3, -0.25) is 0 Å². The fourth-order valence-corrected chi connectivity index (χ4v) is 2.12. The maximum atomic E-state index is 6.17. The van der Waals surface area contributed by atoms with Crippen molar-refractivity contribution in [1.29, 1.82) is 0 Å². The van der Waals surface area contributed by atoms with Crippen molar-refractivity contribution in [2.75, 3.05) is 6.61 Å². The molecule has 0 aliphatic carbocycles. The van der Waals surface area contributed by atoms with Gasteiger partial charge in [-0.25, -0.2) is 0 Å². The fraction of sp³-hybridized carbons (Fsp3) is 0.625. The second-order valence-electron chi connectivity index (χ2n) is 5.26. The van der Waals surface area contributed by atoms with Gasteiger partial charge in [-0.15, -0.1) is 0 Å². The van der Waals surface area contributed by atoms with E-state index in [0.29, 0.717) is 5.92 Å². The number of hydrogen-bond donors (Lipinski definition) is 1. The van der Waals surface area contributed by atoms with Crippen LogP contribution in [0.4, 0.5) is 0 Å². The molecule has 0 fully saturated rings. The number of ether oxygens (including phenoxy) is 1. The van der Waals surface area contributed by atoms with Crippen molar-refractivity contribution in [3.63, 3.8) is 0 Å². The Hall–Kier alpha value is -1.02. The number of hydrogen-bond acceptors (Lipinski definition) is 2. The van der Waals surface area contributed by atoms with Crippen LogP contribution in [-0.4, -0.2) is 6.61 Å². The summed E-state index contributed by atoms with van der Waals surface area (Å²) in [5.74, 6) is 1.48. The lowest BCUT2D eigenvalue weighted by Crippen LogP contribution is -2.12. The lowest BCUT2D eigenvalue weighted by atomic mass is 9.92. The Bertz CT molecular complexity index is 385. The van der Waals surface area contributed by atoms with Crippen molar-refractivity contribution >= 4 is 0 Å². The van der Waals surface area contributed by atoms with Gasteiger partial charge < -0.3 is 10.5 Å². The molecule has 1 unspecified atom stereocenters. The zero-order valence-electron chi connectivity index (χ0n) is 12.4. The van der Waals surface area contributed by atoms with Crippen LogP contribution in [0, 0.1) is 6.92 Å². The van der Waals surface area contributed by atoms with Crippen molar-refractivity contribution in [2.24, 2.45) is 5.73 Å². The minimum absolute atomic E-state index is 0.128. The molecule has 18 heavy (non-hydrogen) atoms. The van der Waals surface area contributed by atoms with E-state index < -0.39 is 0 Å². The van der Waals surface area contributed by atoms with E-state index in [1.807, 2.05) is 0 Å². The number of rotatable bonds is 6. The first kappa shape index (κ1) is 15.0. The van der Waals surface area contributed by atoms with Crippen LogP contribution >= 0.6 is 0 Å². The Morgan fingerprint density at radius 3 is 2.33 bits per heavy atom. The fourth-order valence-electron chi connectivity index (χ4n) is 2.12. The predicted octanol–water partition coefficient (Wildman–Crippen LogP) is 4.32. The van der Waals surface area contributed by atoms with Crippen molar-refractivity contribution in [2.45, 2.75) is 59.4 Å². The first-order valence-electron chi connectivity index (χ1n) is 7.04. The van der Waals surface area contributed by atoms with Gasteiger partial charge in [-0.2, -0.15) is 0 Å². The number of nitrogens with two attached hydrogens (primary N) is 1. The molecule has 0 bridgehead atoms. The summed E-state index contributed by atoms with van der Waals surface area (Å²) >= 11 is 0. The Kier molecular flexibility index (Phi) is 5.67. The lowest BCUT2D eigenvalue weighted by Gasteiger charge is -2.20. The molecule has 0 amide bonds. The van der Waals surface area contributed by atoms with Gasteiger partial charge >= 0.3 is 0 Å². The van der Waals surface area contributed by atoms with E-state index in [1.165, 1.54) is 16.7 Å². The molecule has 0 saturated carbocycles. The average Bonchev–Trinajstić information content (AvgIpc) is 2.34. The van der Waals surface area contributed by atoms with Crippen LogP contribution < -0.4 is 10.5 Å². The van der Waals surface area contributed by atoms with Gasteiger partial charge in [0.1, 0.15) is 5.75 Å². The molecule has 0 aromatic heterocycles. The zero-order chi connectivity index (χ0) is 13.7. The minimum atomic E-state index is 0.128. The highest BCUT2D eigenvalue weighted by Gasteiger charge is 2.14. The minimum Gasteiger partial charge on any atom is -0.493 e. The Morgan fingerprint density at radius 2 is 1.83 bits per heavy atom. The monoisotopic (exact) mass is 249 g/mol. The molecule has 1 rings (SSSR count). The number of aryl methyl sites for hydroxylation is 1. The van der Waals surface area contributed by atoms with Gasteiger partial charge in [-0.1, -0.05) is 33.8 Å². The Morgan fingerprint density at radius 1 is 1.17 bits per heavy atom. The van der Waals surface area contributed by atoms with Crippen LogP contribution in [0.2, 0.25) is 0 Å². The average molecular weight is 249 g/mol. The maximum absolute atomic E-state index is 6.17. The summed E-state index contributed by atoms with van der Waals surface area (Å²) < 4.78 is 5.86. The van der Waals surface area contributed by atoms with E-state index in [9.17, 15) is 0 Å². The molecule has 1 atom stereocenters. The Balaban J connectivity index is 3.16. The van der Waals surface area contributed by atoms with Gasteiger partial charge in [0.25, 0.3) is 0 Å². The van der Waals surface area contributed by atoms with Crippen LogP contribution in [0.1, 0.15) is 69.2 Å². The quantitative estimate of drug-likeness (QED) is 0.815. The summed E-state index contributed by atoms with van der Waals surface area (Å²) in [6, 6.07) is 4.51. The van der Waals surface area contributed by atoms with Gasteiger partial charge in [0.15, 0.2) is 0 Å². The predicted molar refractivity (Wildman–Crippen MR) is 78.3 cm³/mol. The van der Waals surface area contributed by atoms with Crippen LogP contribution in [0.25, 0.3) is 0 Å². The second-order valence-corrected chi connectivity index (χ2v) is 5.26. The summed E-state index contributed by atoms with van der Waals surface area (Å²) in [6.45, 7) is 11.5. The molecule has 0 aliphatic rings. The van der Waals surface area contributed by atoms with E-state index in [0.717, 1.165) is 25.2 Å². The molecule has 2 nitrogen and oxygen atoms in total. The van der Waals surface area contributed by atoms with E-state index in [4.69, 9.17) is 10.5 Å². The zero-order valence-corrected chi connectivity index (χ0v) is 12.4. The topological polar surface area (TPSA) is 35.2 Å². The molecule has 1 aromatic carbocycles. The molecule has 0 radical (unpaired) electrons. The van der Waals surface area contributed by atoms with E-state index in [-0.39, 0.29) is 6.04 Å². The van der Waals surface area contributed by atoms with Gasteiger partial charge in [0.05, 0.1) is 6.61 Å². The molecule has 1 aromatic rings. The van der Waals surface area contributed by atoms with Crippen LogP contribution in [-0.2, 0) is 0 Å². The van der Waals surface area contributed by atoms with Gasteiger partial charge in [0.2, 0.25) is 0 Å². The van der Waals surface area contributed by atoms with E-state index in [1.54, 1.807) is 0 Å². The summed E-state index contributed by atoms with van der Waals surface area (Å²) in [5, 5.41) is 0. The molecule has 2 N–H and O–H groups in total. The first-order chi connectivity index (χ1) is 8.51. The molecule has 2 heteroatoms. The smallest absolute Gasteiger partial charge is 0.123 e. The lowest BCUT2D eigenvalue weighted by molar-refractivity contribution is 0.312. The molecule has 102 valence electrons. The molecule has 0 aliphatic heterocycles. The molecule has 0 heterocycles. The van der Waals surface area contributed by atoms with Gasteiger partial charge in [-0.05, 0) is 48.4 Å². The first-order valence-corrected chi connectivity index (χ1v) is 7.04.